The van der Waals surface area contributed by atoms with Crippen molar-refractivity contribution >= 4 is 51.6 Å². The number of aromatic hydroxyl groups is 1. The molecule has 380 valence electrons. The van der Waals surface area contributed by atoms with Crippen LogP contribution in [0.15, 0.2) is 65.8 Å². The van der Waals surface area contributed by atoms with Gasteiger partial charge in [-0.25, -0.2) is 28.3 Å². The zero-order valence-electron chi connectivity index (χ0n) is 38.6. The summed E-state index contributed by atoms with van der Waals surface area (Å²) < 4.78 is 84.8. The number of amides is 3. The van der Waals surface area contributed by atoms with E-state index in [9.17, 15) is 50.6 Å². The van der Waals surface area contributed by atoms with Gasteiger partial charge in [-0.3, -0.25) is 38.4 Å². The highest BCUT2D eigenvalue weighted by molar-refractivity contribution is 6.00. The van der Waals surface area contributed by atoms with Crippen molar-refractivity contribution in [1.82, 2.24) is 44.4 Å². The van der Waals surface area contributed by atoms with Crippen molar-refractivity contribution in [2.24, 2.45) is 13.0 Å². The third-order valence-corrected chi connectivity index (χ3v) is 13.8. The average molecular weight is 1010 g/mol. The Bertz CT molecular complexity index is 3140. The van der Waals surface area contributed by atoms with Crippen molar-refractivity contribution in [2.45, 2.75) is 68.8 Å². The number of fused-ring (bicyclic) bond motifs is 2. The minimum atomic E-state index is -5.08. The number of morpholine rings is 1. The number of rotatable bonds is 10. The summed E-state index contributed by atoms with van der Waals surface area (Å²) in [5.41, 5.74) is 3.78. The fourth-order valence-electron chi connectivity index (χ4n) is 9.91. The number of piperidine rings is 1. The third kappa shape index (κ3) is 10.1. The number of carboxylic acid groups (broad SMARTS) is 1. The number of imide groups is 1. The Labute approximate surface area is 405 Å². The van der Waals surface area contributed by atoms with Gasteiger partial charge in [0.15, 0.2) is 17.4 Å². The van der Waals surface area contributed by atoms with Crippen LogP contribution in [-0.2, 0) is 32.6 Å². The number of hydrogen-bond donors (Lipinski definition) is 4. The standard InChI is InChI=1S/C46H47F3N10O6.C2HF3O2/c1-55-37-16-26(4-9-35(37)59(45(55)64)36-10-11-38(60)53-43(36)63)12-13-56-14-15-65-46(23-56)24-57(25-46)44-51-20-30(21-52-44)28-5-6-29-22-58(54-34(29)17-28)31-7-2-27(3-8-31)19-50-42(62)32-18-33(47)41(61)40(49)39(32)48;3-2(4,5)1(6)7/h4-6,9,16-18,20-22,27,31,36,61H,2-3,7-8,10-15,19,23-25H2,1H3,(H,50,62)(H,53,60,63);(H,6,7)/t27?,31?,36-;/m1./s1. The minimum Gasteiger partial charge on any atom is -0.503 e. The maximum Gasteiger partial charge on any atom is 0.490 e. The van der Waals surface area contributed by atoms with Gasteiger partial charge < -0.3 is 25.2 Å². The number of carboxylic acids is 1. The Morgan fingerprint density at radius 2 is 1.64 bits per heavy atom. The number of imidazole rings is 1. The van der Waals surface area contributed by atoms with Crippen LogP contribution in [-0.4, -0.2) is 125 Å². The molecule has 18 nitrogen and oxygen atoms in total. The van der Waals surface area contributed by atoms with Crippen molar-refractivity contribution in [2.75, 3.05) is 50.8 Å². The maximum absolute atomic E-state index is 14.2. The minimum absolute atomic E-state index is 0.103. The highest BCUT2D eigenvalue weighted by atomic mass is 19.4. The van der Waals surface area contributed by atoms with E-state index in [1.807, 2.05) is 59.7 Å². The molecule has 4 N–H and O–H groups in total. The Kier molecular flexibility index (Phi) is 13.6. The van der Waals surface area contributed by atoms with E-state index in [0.29, 0.717) is 43.6 Å². The monoisotopic (exact) mass is 1010 g/mol. The number of anilines is 1. The van der Waals surface area contributed by atoms with Crippen molar-refractivity contribution in [3.63, 3.8) is 0 Å². The normalized spacial score (nSPS) is 20.3. The molecule has 1 atom stereocenters. The summed E-state index contributed by atoms with van der Waals surface area (Å²) >= 11 is 0. The SMILES string of the molecule is Cn1c(=O)n([C@@H]2CCC(=O)NC2=O)c2ccc(CCN3CCOC4(C3)CN(c3ncc(-c5ccc6cn(C7CCC(CNC(=O)c8cc(F)c(O)c(F)c8F)CC7)nc6c5)cn3)C4)cc21.O=C(O)C(F)(F)F. The molecule has 0 radical (unpaired) electrons. The molecule has 4 aliphatic rings. The van der Waals surface area contributed by atoms with Crippen molar-refractivity contribution in [3.8, 4) is 16.9 Å². The lowest BCUT2D eigenvalue weighted by Gasteiger charge is -2.53. The van der Waals surface area contributed by atoms with Gasteiger partial charge in [-0.05, 0) is 79.8 Å². The highest BCUT2D eigenvalue weighted by Crippen LogP contribution is 2.35. The quantitative estimate of drug-likeness (QED) is 0.0792. The number of aliphatic carboxylic acids is 1. The summed E-state index contributed by atoms with van der Waals surface area (Å²) in [6.07, 6.45) is 5.03. The van der Waals surface area contributed by atoms with Crippen LogP contribution in [0.4, 0.5) is 32.3 Å². The summed E-state index contributed by atoms with van der Waals surface area (Å²) in [5.74, 6) is -9.95. The lowest BCUT2D eigenvalue weighted by molar-refractivity contribution is -0.192. The molecule has 72 heavy (non-hydrogen) atoms. The summed E-state index contributed by atoms with van der Waals surface area (Å²) in [6.45, 7) is 4.60. The van der Waals surface area contributed by atoms with E-state index in [4.69, 9.17) is 29.7 Å². The largest absolute Gasteiger partial charge is 0.503 e. The lowest BCUT2D eigenvalue weighted by Crippen LogP contribution is -2.70. The van der Waals surface area contributed by atoms with Crippen LogP contribution in [0.2, 0.25) is 0 Å². The predicted octanol–water partition coefficient (Wildman–Crippen LogP) is 5.18. The molecule has 1 spiro atoms. The molecule has 1 aliphatic carbocycles. The zero-order chi connectivity index (χ0) is 51.2. The number of nitrogens with one attached hydrogen (secondary N) is 2. The van der Waals surface area contributed by atoms with Gasteiger partial charge in [-0.15, -0.1) is 0 Å². The molecule has 3 amide bonds. The van der Waals surface area contributed by atoms with Crippen LogP contribution in [0.5, 0.6) is 5.75 Å². The molecule has 10 rings (SSSR count). The third-order valence-electron chi connectivity index (χ3n) is 13.8. The van der Waals surface area contributed by atoms with E-state index in [2.05, 4.69) is 20.4 Å². The van der Waals surface area contributed by atoms with Crippen molar-refractivity contribution in [1.29, 1.82) is 0 Å². The highest BCUT2D eigenvalue weighted by Gasteiger charge is 2.48. The fourth-order valence-corrected chi connectivity index (χ4v) is 9.91. The topological polar surface area (TPSA) is 219 Å². The molecule has 3 saturated heterocycles. The molecular formula is C48H48F6N10O8. The molecule has 3 aromatic carbocycles. The fraction of sp³-hybridized carbons (Fsp3) is 0.417. The average Bonchev–Trinajstić information content (AvgIpc) is 3.89. The molecule has 6 heterocycles. The molecule has 0 unspecified atom stereocenters. The summed E-state index contributed by atoms with van der Waals surface area (Å²) in [4.78, 5) is 72.9. The number of hydrogen-bond acceptors (Lipinski definition) is 12. The number of phenolic OH excluding ortho intramolecular Hbond substituents is 1. The lowest BCUT2D eigenvalue weighted by atomic mass is 9.86. The number of halogens is 6. The van der Waals surface area contributed by atoms with Gasteiger partial charge in [0.25, 0.3) is 5.91 Å². The Morgan fingerprint density at radius 3 is 2.33 bits per heavy atom. The Balaban J connectivity index is 0.000000853. The number of aromatic nitrogens is 6. The number of benzene rings is 3. The number of alkyl halides is 3. The number of aryl methyl sites for hydroxylation is 1. The Hall–Kier alpha value is -7.34. The van der Waals surface area contributed by atoms with E-state index in [1.54, 1.807) is 11.6 Å². The van der Waals surface area contributed by atoms with Crippen LogP contribution in [0.1, 0.15) is 66.5 Å². The molecule has 0 bridgehead atoms. The van der Waals surface area contributed by atoms with Crippen molar-refractivity contribution in [3.05, 3.63) is 100 Å². The van der Waals surface area contributed by atoms with Crippen LogP contribution in [0.3, 0.4) is 0 Å². The van der Waals surface area contributed by atoms with Gasteiger partial charge in [0.05, 0.1) is 47.9 Å². The first kappa shape index (κ1) is 49.6. The first-order valence-corrected chi connectivity index (χ1v) is 23.2. The van der Waals surface area contributed by atoms with E-state index in [0.717, 1.165) is 84.8 Å². The molecular weight excluding hydrogens is 959 g/mol. The van der Waals surface area contributed by atoms with Crippen LogP contribution >= 0.6 is 0 Å². The smallest absolute Gasteiger partial charge is 0.490 e. The van der Waals surface area contributed by atoms with Crippen LogP contribution in [0.25, 0.3) is 33.1 Å². The van der Waals surface area contributed by atoms with Gasteiger partial charge >= 0.3 is 17.8 Å². The van der Waals surface area contributed by atoms with E-state index in [1.165, 1.54) is 4.57 Å². The number of carbonyl (C=O) groups is 4. The second-order valence-corrected chi connectivity index (χ2v) is 18.6. The molecule has 4 fully saturated rings. The molecule has 6 aromatic rings. The second-order valence-electron chi connectivity index (χ2n) is 18.6. The van der Waals surface area contributed by atoms with E-state index in [-0.39, 0.29) is 42.1 Å². The summed E-state index contributed by atoms with van der Waals surface area (Å²) in [5, 5.41) is 27.2. The predicted molar refractivity (Wildman–Crippen MR) is 245 cm³/mol. The van der Waals surface area contributed by atoms with Crippen LogP contribution < -0.4 is 21.2 Å². The summed E-state index contributed by atoms with van der Waals surface area (Å²) in [7, 11) is 1.71. The number of carbonyl (C=O) groups excluding carboxylic acids is 3. The van der Waals surface area contributed by atoms with Gasteiger partial charge in [-0.2, -0.15) is 22.7 Å². The van der Waals surface area contributed by atoms with Gasteiger partial charge in [0.2, 0.25) is 23.6 Å². The van der Waals surface area contributed by atoms with Gasteiger partial charge in [0.1, 0.15) is 11.6 Å². The summed E-state index contributed by atoms with van der Waals surface area (Å²) in [6, 6.07) is 11.9. The molecule has 24 heteroatoms. The van der Waals surface area contributed by atoms with Crippen LogP contribution in [0, 0.1) is 23.4 Å². The van der Waals surface area contributed by atoms with Gasteiger partial charge in [-0.1, -0.05) is 18.2 Å². The van der Waals surface area contributed by atoms with Gasteiger partial charge in [0, 0.05) is 69.2 Å². The Morgan fingerprint density at radius 1 is 0.917 bits per heavy atom. The first-order valence-electron chi connectivity index (χ1n) is 23.2. The number of phenols is 1. The van der Waals surface area contributed by atoms with E-state index >= 15 is 0 Å². The molecule has 3 aromatic heterocycles. The molecule has 1 saturated carbocycles. The van der Waals surface area contributed by atoms with Crippen molar-refractivity contribution < 1.29 is 60.5 Å². The van der Waals surface area contributed by atoms with E-state index < -0.39 is 58.8 Å². The molecule has 3 aliphatic heterocycles. The number of ether oxygens (including phenoxy) is 1. The second kappa shape index (κ2) is 19.7. The number of nitrogens with zero attached hydrogens (tertiary/aromatic N) is 8. The maximum atomic E-state index is 14.2. The zero-order valence-corrected chi connectivity index (χ0v) is 38.6. The first-order chi connectivity index (χ1) is 34.3.